The molecule has 0 saturated carbocycles. The van der Waals surface area contributed by atoms with E-state index in [4.69, 9.17) is 0 Å². The summed E-state index contributed by atoms with van der Waals surface area (Å²) in [4.78, 5) is 0. The summed E-state index contributed by atoms with van der Waals surface area (Å²) in [5.74, 6) is 0. The first-order valence-corrected chi connectivity index (χ1v) is 4.48. The van der Waals surface area contributed by atoms with Crippen LogP contribution in [-0.2, 0) is 0 Å². The minimum atomic E-state index is 0.506. The van der Waals surface area contributed by atoms with Crippen LogP contribution in [0.3, 0.4) is 0 Å². The summed E-state index contributed by atoms with van der Waals surface area (Å²) in [7, 11) is 0. The molecule has 0 spiro atoms. The van der Waals surface area contributed by atoms with Gasteiger partial charge in [-0.25, -0.2) is 0 Å². The minimum Gasteiger partial charge on any atom is -0.176 e. The van der Waals surface area contributed by atoms with Crippen molar-refractivity contribution in [3.8, 4) is 0 Å². The van der Waals surface area contributed by atoms with Gasteiger partial charge in [0.25, 0.3) is 0 Å². The molecule has 0 aliphatic heterocycles. The lowest BCUT2D eigenvalue weighted by Gasteiger charge is -2.01. The molecular formula is C9H20S. The lowest BCUT2D eigenvalue weighted by Crippen LogP contribution is -1.90. The smallest absolute Gasteiger partial charge is 0.00255 e. The SMILES string of the molecule is C/C=C(/C)CC(C)S.CC. The largest absolute Gasteiger partial charge is 0.176 e. The van der Waals surface area contributed by atoms with E-state index in [2.05, 4.69) is 39.5 Å². The lowest BCUT2D eigenvalue weighted by molar-refractivity contribution is 0.930. The van der Waals surface area contributed by atoms with Crippen LogP contribution < -0.4 is 0 Å². The molecule has 0 rings (SSSR count). The third-order valence-corrected chi connectivity index (χ3v) is 1.29. The van der Waals surface area contributed by atoms with Gasteiger partial charge in [-0.1, -0.05) is 32.4 Å². The van der Waals surface area contributed by atoms with Crippen LogP contribution in [0.25, 0.3) is 0 Å². The Hall–Kier alpha value is 0.0900. The van der Waals surface area contributed by atoms with Gasteiger partial charge in [-0.3, -0.25) is 0 Å². The van der Waals surface area contributed by atoms with Gasteiger partial charge in [-0.15, -0.1) is 0 Å². The van der Waals surface area contributed by atoms with E-state index in [9.17, 15) is 0 Å². The fraction of sp³-hybridized carbons (Fsp3) is 0.778. The molecule has 0 bridgehead atoms. The second-order valence-corrected chi connectivity index (χ2v) is 3.07. The van der Waals surface area contributed by atoms with Crippen molar-refractivity contribution in [3.05, 3.63) is 11.6 Å². The summed E-state index contributed by atoms with van der Waals surface area (Å²) in [6, 6.07) is 0. The van der Waals surface area contributed by atoms with Crippen LogP contribution in [0.15, 0.2) is 11.6 Å². The number of hydrogen-bond donors (Lipinski definition) is 1. The van der Waals surface area contributed by atoms with Crippen LogP contribution in [0.1, 0.15) is 41.0 Å². The van der Waals surface area contributed by atoms with Gasteiger partial charge >= 0.3 is 0 Å². The topological polar surface area (TPSA) is 0 Å². The molecule has 0 radical (unpaired) electrons. The number of allylic oxidation sites excluding steroid dienone is 2. The van der Waals surface area contributed by atoms with Crippen molar-refractivity contribution in [3.63, 3.8) is 0 Å². The third kappa shape index (κ3) is 11.0. The van der Waals surface area contributed by atoms with Crippen molar-refractivity contribution in [1.29, 1.82) is 0 Å². The van der Waals surface area contributed by atoms with Crippen LogP contribution in [0, 0.1) is 0 Å². The highest BCUT2D eigenvalue weighted by Crippen LogP contribution is 2.07. The monoisotopic (exact) mass is 160 g/mol. The average Bonchev–Trinajstić information content (AvgIpc) is 1.91. The van der Waals surface area contributed by atoms with Gasteiger partial charge in [-0.2, -0.15) is 12.6 Å². The Morgan fingerprint density at radius 2 is 1.90 bits per heavy atom. The molecule has 1 atom stereocenters. The molecule has 0 heterocycles. The molecule has 0 fully saturated rings. The van der Waals surface area contributed by atoms with E-state index >= 15 is 0 Å². The van der Waals surface area contributed by atoms with E-state index < -0.39 is 0 Å². The Balaban J connectivity index is 0. The third-order valence-electron chi connectivity index (χ3n) is 1.11. The Morgan fingerprint density at radius 3 is 2.00 bits per heavy atom. The van der Waals surface area contributed by atoms with Crippen LogP contribution in [-0.4, -0.2) is 5.25 Å². The summed E-state index contributed by atoms with van der Waals surface area (Å²) < 4.78 is 0. The first-order valence-electron chi connectivity index (χ1n) is 3.96. The molecule has 0 amide bonds. The molecule has 0 aromatic rings. The molecule has 0 aromatic heterocycles. The maximum Gasteiger partial charge on any atom is 0.00255 e. The quantitative estimate of drug-likeness (QED) is 0.462. The molecule has 1 heteroatoms. The number of thiol groups is 1. The Bertz CT molecular complexity index is 82.7. The molecule has 0 aliphatic rings. The van der Waals surface area contributed by atoms with Crippen molar-refractivity contribution in [2.24, 2.45) is 0 Å². The molecule has 62 valence electrons. The van der Waals surface area contributed by atoms with Crippen molar-refractivity contribution >= 4 is 12.6 Å². The van der Waals surface area contributed by atoms with Gasteiger partial charge in [0, 0.05) is 5.25 Å². The highest BCUT2D eigenvalue weighted by atomic mass is 32.1. The Morgan fingerprint density at radius 1 is 1.50 bits per heavy atom. The molecular weight excluding hydrogens is 140 g/mol. The van der Waals surface area contributed by atoms with E-state index in [1.165, 1.54) is 5.57 Å². The summed E-state index contributed by atoms with van der Waals surface area (Å²) in [5, 5.41) is 0.506. The highest BCUT2D eigenvalue weighted by molar-refractivity contribution is 7.80. The summed E-state index contributed by atoms with van der Waals surface area (Å²) in [5.41, 5.74) is 1.42. The van der Waals surface area contributed by atoms with Gasteiger partial charge in [-0.05, 0) is 20.3 Å². The Labute approximate surface area is 71.1 Å². The maximum absolute atomic E-state index is 4.25. The van der Waals surface area contributed by atoms with Crippen LogP contribution in [0.2, 0.25) is 0 Å². The van der Waals surface area contributed by atoms with Gasteiger partial charge < -0.3 is 0 Å². The lowest BCUT2D eigenvalue weighted by atomic mass is 10.2. The van der Waals surface area contributed by atoms with Crippen LogP contribution in [0.4, 0.5) is 0 Å². The molecule has 0 N–H and O–H groups in total. The normalized spacial score (nSPS) is 13.6. The van der Waals surface area contributed by atoms with Crippen LogP contribution >= 0.6 is 12.6 Å². The van der Waals surface area contributed by atoms with E-state index in [-0.39, 0.29) is 0 Å². The maximum atomic E-state index is 4.25. The average molecular weight is 160 g/mol. The van der Waals surface area contributed by atoms with Crippen molar-refractivity contribution < 1.29 is 0 Å². The first kappa shape index (κ1) is 12.7. The van der Waals surface area contributed by atoms with E-state index in [0.717, 1.165) is 6.42 Å². The molecule has 0 nitrogen and oxygen atoms in total. The molecule has 0 aliphatic carbocycles. The molecule has 0 aromatic carbocycles. The second kappa shape index (κ2) is 9.09. The fourth-order valence-corrected chi connectivity index (χ4v) is 0.872. The van der Waals surface area contributed by atoms with Crippen molar-refractivity contribution in [2.75, 3.05) is 0 Å². The molecule has 10 heavy (non-hydrogen) atoms. The second-order valence-electron chi connectivity index (χ2n) is 2.19. The number of hydrogen-bond acceptors (Lipinski definition) is 1. The summed E-state index contributed by atoms with van der Waals surface area (Å²) >= 11 is 4.25. The van der Waals surface area contributed by atoms with Gasteiger partial charge in [0.1, 0.15) is 0 Å². The van der Waals surface area contributed by atoms with Crippen molar-refractivity contribution in [1.82, 2.24) is 0 Å². The van der Waals surface area contributed by atoms with E-state index in [0.29, 0.717) is 5.25 Å². The van der Waals surface area contributed by atoms with Gasteiger partial charge in [0.2, 0.25) is 0 Å². The predicted octanol–water partition coefficient (Wildman–Crippen LogP) is 3.69. The minimum absolute atomic E-state index is 0.506. The predicted molar refractivity (Wildman–Crippen MR) is 53.8 cm³/mol. The molecule has 0 saturated heterocycles. The summed E-state index contributed by atoms with van der Waals surface area (Å²) in [6.45, 7) is 10.3. The fourth-order valence-electron chi connectivity index (χ4n) is 0.584. The summed E-state index contributed by atoms with van der Waals surface area (Å²) in [6.07, 6.45) is 3.24. The van der Waals surface area contributed by atoms with Crippen LogP contribution in [0.5, 0.6) is 0 Å². The standard InChI is InChI=1S/C7H14S.C2H6/c1-4-6(2)5-7(3)8;1-2/h4,7-8H,5H2,1-3H3;1-2H3/b6-4-;. The van der Waals surface area contributed by atoms with E-state index in [1.54, 1.807) is 0 Å². The zero-order valence-corrected chi connectivity index (χ0v) is 8.70. The van der Waals surface area contributed by atoms with Gasteiger partial charge in [0.15, 0.2) is 0 Å². The van der Waals surface area contributed by atoms with Gasteiger partial charge in [0.05, 0.1) is 0 Å². The Kier molecular flexibility index (Phi) is 11.6. The zero-order valence-electron chi connectivity index (χ0n) is 7.81. The van der Waals surface area contributed by atoms with E-state index in [1.807, 2.05) is 13.8 Å². The highest BCUT2D eigenvalue weighted by Gasteiger charge is 1.92. The van der Waals surface area contributed by atoms with Crippen molar-refractivity contribution in [2.45, 2.75) is 46.3 Å². The zero-order chi connectivity index (χ0) is 8.57. The molecule has 1 unspecified atom stereocenters. The number of rotatable bonds is 2. The first-order chi connectivity index (χ1) is 4.66.